The Kier molecular flexibility index (Phi) is 3.49. The first kappa shape index (κ1) is 13.5. The van der Waals surface area contributed by atoms with Crippen LogP contribution in [0.15, 0.2) is 29.2 Å². The van der Waals surface area contributed by atoms with Crippen molar-refractivity contribution in [2.24, 2.45) is 0 Å². The quantitative estimate of drug-likeness (QED) is 0.850. The van der Waals surface area contributed by atoms with E-state index in [2.05, 4.69) is 0 Å². The number of aliphatic hydroxyl groups is 1. The molecule has 4 nitrogen and oxygen atoms in total. The Morgan fingerprint density at radius 1 is 1.28 bits per heavy atom. The highest BCUT2D eigenvalue weighted by molar-refractivity contribution is 7.86. The van der Waals surface area contributed by atoms with E-state index < -0.39 is 21.8 Å². The third-order valence-electron chi connectivity index (χ3n) is 3.56. The molecule has 1 N–H and O–H groups in total. The molecule has 18 heavy (non-hydrogen) atoms. The summed E-state index contributed by atoms with van der Waals surface area (Å²) < 4.78 is 29.1. The molecule has 1 saturated carbocycles. The highest BCUT2D eigenvalue weighted by atomic mass is 32.2. The van der Waals surface area contributed by atoms with Crippen LogP contribution < -0.4 is 0 Å². The lowest BCUT2D eigenvalue weighted by Gasteiger charge is -2.40. The summed E-state index contributed by atoms with van der Waals surface area (Å²) in [6, 6.07) is 6.47. The number of benzene rings is 1. The van der Waals surface area contributed by atoms with E-state index in [-0.39, 0.29) is 4.90 Å². The van der Waals surface area contributed by atoms with Gasteiger partial charge in [-0.15, -0.1) is 0 Å². The summed E-state index contributed by atoms with van der Waals surface area (Å²) in [7, 11) is -3.80. The second-order valence-electron chi connectivity index (χ2n) is 4.96. The molecule has 1 aliphatic rings. The van der Waals surface area contributed by atoms with Crippen LogP contribution in [0.3, 0.4) is 0 Å². The molecule has 0 aliphatic heterocycles. The SMILES string of the molecule is Cc1ccc(S(=O)(=O)OC(C)C2(O)CCC2)cc1. The number of hydrogen-bond acceptors (Lipinski definition) is 4. The van der Waals surface area contributed by atoms with Crippen molar-refractivity contribution >= 4 is 10.1 Å². The third-order valence-corrected chi connectivity index (χ3v) is 4.95. The fourth-order valence-corrected chi connectivity index (χ4v) is 3.13. The van der Waals surface area contributed by atoms with Crippen molar-refractivity contribution in [3.63, 3.8) is 0 Å². The Labute approximate surface area is 108 Å². The predicted octanol–water partition coefficient (Wildman–Crippen LogP) is 2.00. The van der Waals surface area contributed by atoms with Gasteiger partial charge in [-0.05, 0) is 45.2 Å². The van der Waals surface area contributed by atoms with Gasteiger partial charge in [0.15, 0.2) is 0 Å². The van der Waals surface area contributed by atoms with Crippen molar-refractivity contribution in [2.75, 3.05) is 0 Å². The number of hydrogen-bond donors (Lipinski definition) is 1. The molecule has 1 fully saturated rings. The zero-order valence-corrected chi connectivity index (χ0v) is 11.4. The lowest BCUT2D eigenvalue weighted by atomic mass is 9.77. The molecule has 0 amide bonds. The van der Waals surface area contributed by atoms with Crippen LogP contribution in [-0.2, 0) is 14.3 Å². The van der Waals surface area contributed by atoms with Crippen molar-refractivity contribution in [1.29, 1.82) is 0 Å². The van der Waals surface area contributed by atoms with E-state index in [0.717, 1.165) is 12.0 Å². The van der Waals surface area contributed by atoms with E-state index in [1.54, 1.807) is 19.1 Å². The molecule has 0 spiro atoms. The zero-order chi connectivity index (χ0) is 13.4. The van der Waals surface area contributed by atoms with Crippen molar-refractivity contribution in [3.8, 4) is 0 Å². The van der Waals surface area contributed by atoms with Gasteiger partial charge in [-0.3, -0.25) is 4.18 Å². The summed E-state index contributed by atoms with van der Waals surface area (Å²) in [5.41, 5.74) is -0.00257. The van der Waals surface area contributed by atoms with E-state index in [4.69, 9.17) is 4.18 Å². The molecule has 1 atom stereocenters. The Morgan fingerprint density at radius 2 is 1.83 bits per heavy atom. The highest BCUT2D eigenvalue weighted by Gasteiger charge is 2.42. The van der Waals surface area contributed by atoms with Gasteiger partial charge in [-0.2, -0.15) is 8.42 Å². The topological polar surface area (TPSA) is 63.6 Å². The van der Waals surface area contributed by atoms with E-state index >= 15 is 0 Å². The Bertz CT molecular complexity index is 514. The molecule has 1 aromatic rings. The fraction of sp³-hybridized carbons (Fsp3) is 0.538. The molecule has 0 heterocycles. The van der Waals surface area contributed by atoms with Gasteiger partial charge < -0.3 is 5.11 Å². The maximum absolute atomic E-state index is 12.0. The fourth-order valence-electron chi connectivity index (χ4n) is 1.99. The summed E-state index contributed by atoms with van der Waals surface area (Å²) in [6.45, 7) is 3.49. The molecule has 0 bridgehead atoms. The van der Waals surface area contributed by atoms with Crippen molar-refractivity contribution < 1.29 is 17.7 Å². The summed E-state index contributed by atoms with van der Waals surface area (Å²) in [6.07, 6.45) is 1.39. The van der Waals surface area contributed by atoms with Crippen molar-refractivity contribution in [1.82, 2.24) is 0 Å². The minimum absolute atomic E-state index is 0.128. The summed E-state index contributed by atoms with van der Waals surface area (Å²) >= 11 is 0. The summed E-state index contributed by atoms with van der Waals surface area (Å²) in [5, 5.41) is 10.0. The minimum atomic E-state index is -3.80. The molecule has 1 aliphatic carbocycles. The van der Waals surface area contributed by atoms with Crippen LogP contribution in [0.25, 0.3) is 0 Å². The third kappa shape index (κ3) is 2.58. The molecule has 0 aromatic heterocycles. The maximum Gasteiger partial charge on any atom is 0.297 e. The van der Waals surface area contributed by atoms with Gasteiger partial charge in [0.05, 0.1) is 10.5 Å². The first-order valence-electron chi connectivity index (χ1n) is 6.06. The van der Waals surface area contributed by atoms with Gasteiger partial charge in [0.2, 0.25) is 0 Å². The summed E-state index contributed by atoms with van der Waals surface area (Å²) in [4.78, 5) is 0.128. The van der Waals surface area contributed by atoms with E-state index in [1.807, 2.05) is 6.92 Å². The van der Waals surface area contributed by atoms with Crippen molar-refractivity contribution in [2.45, 2.75) is 49.7 Å². The zero-order valence-electron chi connectivity index (χ0n) is 10.6. The van der Waals surface area contributed by atoms with E-state index in [0.29, 0.717) is 12.8 Å². The van der Waals surface area contributed by atoms with Gasteiger partial charge in [0, 0.05) is 0 Å². The molecule has 1 aromatic carbocycles. The van der Waals surface area contributed by atoms with Gasteiger partial charge in [-0.25, -0.2) is 0 Å². The lowest BCUT2D eigenvalue weighted by molar-refractivity contribution is -0.105. The Morgan fingerprint density at radius 3 is 2.28 bits per heavy atom. The molecule has 2 rings (SSSR count). The maximum atomic E-state index is 12.0. The largest absolute Gasteiger partial charge is 0.387 e. The average Bonchev–Trinajstić information content (AvgIpc) is 2.25. The van der Waals surface area contributed by atoms with Crippen LogP contribution in [0.4, 0.5) is 0 Å². The van der Waals surface area contributed by atoms with Crippen LogP contribution in [0.1, 0.15) is 31.7 Å². The average molecular weight is 270 g/mol. The van der Waals surface area contributed by atoms with Gasteiger partial charge in [-0.1, -0.05) is 17.7 Å². The normalized spacial score (nSPS) is 20.2. The van der Waals surface area contributed by atoms with Crippen LogP contribution in [0, 0.1) is 6.92 Å². The Hall–Kier alpha value is -0.910. The van der Waals surface area contributed by atoms with E-state index in [1.165, 1.54) is 12.1 Å². The van der Waals surface area contributed by atoms with Crippen LogP contribution in [0.5, 0.6) is 0 Å². The second-order valence-corrected chi connectivity index (χ2v) is 6.53. The van der Waals surface area contributed by atoms with Gasteiger partial charge >= 0.3 is 0 Å². The van der Waals surface area contributed by atoms with Gasteiger partial charge in [0.25, 0.3) is 10.1 Å². The van der Waals surface area contributed by atoms with Crippen molar-refractivity contribution in [3.05, 3.63) is 29.8 Å². The monoisotopic (exact) mass is 270 g/mol. The molecule has 1 unspecified atom stereocenters. The Balaban J connectivity index is 2.14. The van der Waals surface area contributed by atoms with Crippen LogP contribution >= 0.6 is 0 Å². The number of rotatable bonds is 4. The first-order valence-corrected chi connectivity index (χ1v) is 7.47. The first-order chi connectivity index (χ1) is 8.33. The predicted molar refractivity (Wildman–Crippen MR) is 67.7 cm³/mol. The molecular formula is C13H18O4S. The lowest BCUT2D eigenvalue weighted by Crippen LogP contribution is -2.48. The molecule has 100 valence electrons. The molecular weight excluding hydrogens is 252 g/mol. The standard InChI is InChI=1S/C13H18O4S/c1-10-4-6-12(7-5-10)18(15,16)17-11(2)13(14)8-3-9-13/h4-7,11,14H,3,8-9H2,1-2H3. The second kappa shape index (κ2) is 4.64. The van der Waals surface area contributed by atoms with E-state index in [9.17, 15) is 13.5 Å². The highest BCUT2D eigenvalue weighted by Crippen LogP contribution is 2.37. The summed E-state index contributed by atoms with van der Waals surface area (Å²) in [5.74, 6) is 0. The molecule has 0 saturated heterocycles. The van der Waals surface area contributed by atoms with Crippen LogP contribution in [-0.4, -0.2) is 25.2 Å². The minimum Gasteiger partial charge on any atom is -0.387 e. The molecule has 5 heteroatoms. The van der Waals surface area contributed by atoms with Crippen LogP contribution in [0.2, 0.25) is 0 Å². The molecule has 0 radical (unpaired) electrons. The van der Waals surface area contributed by atoms with Gasteiger partial charge in [0.1, 0.15) is 6.10 Å². The number of aryl methyl sites for hydroxylation is 1. The smallest absolute Gasteiger partial charge is 0.297 e.